The Labute approximate surface area is 104 Å². The van der Waals surface area contributed by atoms with E-state index < -0.39 is 18.6 Å². The van der Waals surface area contributed by atoms with Crippen LogP contribution in [0.5, 0.6) is 5.75 Å². The number of aliphatic hydroxyl groups is 1. The van der Waals surface area contributed by atoms with Crippen LogP contribution in [0.25, 0.3) is 0 Å². The highest BCUT2D eigenvalue weighted by molar-refractivity contribution is 6.31. The molecule has 0 aromatic heterocycles. The molecule has 0 bridgehead atoms. The molecule has 5 N–H and O–H groups in total. The van der Waals surface area contributed by atoms with Crippen molar-refractivity contribution < 1.29 is 20.1 Å². The minimum atomic E-state index is -1.18. The van der Waals surface area contributed by atoms with Gasteiger partial charge in [-0.15, -0.1) is 0 Å². The number of hydrogen-bond donors (Lipinski definition) is 4. The maximum atomic E-state index is 9.65. The van der Waals surface area contributed by atoms with Gasteiger partial charge >= 0.3 is 5.97 Å². The Morgan fingerprint density at radius 2 is 2.00 bits per heavy atom. The summed E-state index contributed by atoms with van der Waals surface area (Å²) in [6, 6.07) is 2.45. The Morgan fingerprint density at radius 3 is 2.29 bits per heavy atom. The number of rotatable bonds is 2. The van der Waals surface area contributed by atoms with Gasteiger partial charge in [-0.05, 0) is 25.5 Å². The topological polar surface area (TPSA) is 104 Å². The number of carboxylic acids is 1. The molecule has 0 spiro atoms. The van der Waals surface area contributed by atoms with Gasteiger partial charge in [0.25, 0.3) is 0 Å². The number of phenols is 1. The van der Waals surface area contributed by atoms with Crippen molar-refractivity contribution in [2.75, 3.05) is 6.61 Å². The molecule has 5 nitrogen and oxygen atoms in total. The summed E-state index contributed by atoms with van der Waals surface area (Å²) in [7, 11) is 0. The maximum Gasteiger partial charge on any atom is 0.322 e. The first-order valence-electron chi connectivity index (χ1n) is 4.85. The van der Waals surface area contributed by atoms with Crippen molar-refractivity contribution in [3.63, 3.8) is 0 Å². The molecule has 0 heterocycles. The van der Waals surface area contributed by atoms with E-state index in [2.05, 4.69) is 0 Å². The Hall–Kier alpha value is -1.30. The Kier molecular flexibility index (Phi) is 6.57. The van der Waals surface area contributed by atoms with Crippen molar-refractivity contribution in [1.29, 1.82) is 0 Å². The molecule has 17 heavy (non-hydrogen) atoms. The Balaban J connectivity index is 0.000000325. The van der Waals surface area contributed by atoms with Crippen LogP contribution in [0.1, 0.15) is 11.1 Å². The van der Waals surface area contributed by atoms with Gasteiger partial charge in [0.15, 0.2) is 0 Å². The number of aromatic hydroxyl groups is 1. The summed E-state index contributed by atoms with van der Waals surface area (Å²) in [4.78, 5) is 9.65. The molecule has 6 heteroatoms. The smallest absolute Gasteiger partial charge is 0.322 e. The van der Waals surface area contributed by atoms with E-state index in [1.54, 1.807) is 19.1 Å². The van der Waals surface area contributed by atoms with Gasteiger partial charge in [-0.25, -0.2) is 0 Å². The molecule has 0 saturated carbocycles. The minimum absolute atomic E-state index is 0.299. The predicted octanol–water partition coefficient (Wildman–Crippen LogP) is 1.05. The quantitative estimate of drug-likeness (QED) is 0.637. The van der Waals surface area contributed by atoms with Gasteiger partial charge < -0.3 is 21.1 Å². The van der Waals surface area contributed by atoms with E-state index in [0.717, 1.165) is 11.1 Å². The van der Waals surface area contributed by atoms with Crippen LogP contribution in [-0.2, 0) is 4.79 Å². The van der Waals surface area contributed by atoms with E-state index in [4.69, 9.17) is 27.5 Å². The molecule has 1 aromatic rings. The molecule has 1 unspecified atom stereocenters. The summed E-state index contributed by atoms with van der Waals surface area (Å²) < 4.78 is 0. The monoisotopic (exact) mass is 261 g/mol. The van der Waals surface area contributed by atoms with Crippen LogP contribution in [0.4, 0.5) is 0 Å². The zero-order chi connectivity index (χ0) is 13.6. The highest BCUT2D eigenvalue weighted by Crippen LogP contribution is 2.27. The molecule has 96 valence electrons. The second-order valence-electron chi connectivity index (χ2n) is 3.47. The molecule has 0 aliphatic heterocycles. The standard InChI is InChI=1S/C8H9ClO.C3H7NO3/c1-5-3-4-7(9)6(2)8(5)10;4-2(1-5)3(6)7/h3-4,10H,1-2H3;2,5H,1,4H2,(H,6,7). The van der Waals surface area contributed by atoms with Crippen LogP contribution in [0.2, 0.25) is 5.02 Å². The van der Waals surface area contributed by atoms with Crippen molar-refractivity contribution in [2.24, 2.45) is 5.73 Å². The van der Waals surface area contributed by atoms with E-state index in [-0.39, 0.29) is 0 Å². The van der Waals surface area contributed by atoms with E-state index in [1.807, 2.05) is 6.92 Å². The number of aliphatic hydroxyl groups excluding tert-OH is 1. The fourth-order valence-corrected chi connectivity index (χ4v) is 1.04. The Morgan fingerprint density at radius 1 is 1.47 bits per heavy atom. The molecular formula is C11H16ClNO4. The lowest BCUT2D eigenvalue weighted by Gasteiger charge is -2.02. The van der Waals surface area contributed by atoms with Gasteiger partial charge in [0.05, 0.1) is 6.61 Å². The van der Waals surface area contributed by atoms with Crippen molar-refractivity contribution >= 4 is 17.6 Å². The van der Waals surface area contributed by atoms with Crippen molar-refractivity contribution in [3.8, 4) is 5.75 Å². The molecule has 1 aromatic carbocycles. The average molecular weight is 262 g/mol. The molecule has 0 saturated heterocycles. The van der Waals surface area contributed by atoms with Crippen molar-refractivity contribution in [3.05, 3.63) is 28.3 Å². The van der Waals surface area contributed by atoms with Crippen LogP contribution in [0.15, 0.2) is 12.1 Å². The first-order chi connectivity index (χ1) is 7.81. The zero-order valence-electron chi connectivity index (χ0n) is 9.64. The summed E-state index contributed by atoms with van der Waals surface area (Å²) >= 11 is 5.73. The van der Waals surface area contributed by atoms with Gasteiger partial charge in [-0.3, -0.25) is 4.79 Å². The lowest BCUT2D eigenvalue weighted by Crippen LogP contribution is -2.33. The van der Waals surface area contributed by atoms with Gasteiger partial charge in [0.2, 0.25) is 0 Å². The Bertz CT molecular complexity index is 368. The van der Waals surface area contributed by atoms with E-state index in [1.165, 1.54) is 0 Å². The van der Waals surface area contributed by atoms with Crippen LogP contribution < -0.4 is 5.73 Å². The largest absolute Gasteiger partial charge is 0.507 e. The number of carboxylic acid groups (broad SMARTS) is 1. The van der Waals surface area contributed by atoms with E-state index >= 15 is 0 Å². The lowest BCUT2D eigenvalue weighted by atomic mass is 10.1. The zero-order valence-corrected chi connectivity index (χ0v) is 10.4. The summed E-state index contributed by atoms with van der Waals surface area (Å²) in [6.07, 6.45) is 0. The van der Waals surface area contributed by atoms with Gasteiger partial charge in [0, 0.05) is 10.6 Å². The summed E-state index contributed by atoms with van der Waals surface area (Å²) in [5, 5.41) is 25.8. The third kappa shape index (κ3) is 5.04. The van der Waals surface area contributed by atoms with Crippen LogP contribution in [0, 0.1) is 13.8 Å². The van der Waals surface area contributed by atoms with Gasteiger partial charge in [-0.1, -0.05) is 17.7 Å². The molecular weight excluding hydrogens is 246 g/mol. The normalized spacial score (nSPS) is 11.4. The predicted molar refractivity (Wildman–Crippen MR) is 65.3 cm³/mol. The van der Waals surface area contributed by atoms with Crippen molar-refractivity contribution in [1.82, 2.24) is 0 Å². The number of benzene rings is 1. The lowest BCUT2D eigenvalue weighted by molar-refractivity contribution is -0.139. The van der Waals surface area contributed by atoms with E-state index in [0.29, 0.717) is 10.8 Å². The van der Waals surface area contributed by atoms with Crippen molar-refractivity contribution in [2.45, 2.75) is 19.9 Å². The second kappa shape index (κ2) is 7.11. The van der Waals surface area contributed by atoms with E-state index in [9.17, 15) is 9.90 Å². The van der Waals surface area contributed by atoms with Crippen LogP contribution >= 0.6 is 11.6 Å². The highest BCUT2D eigenvalue weighted by Gasteiger charge is 2.07. The first-order valence-corrected chi connectivity index (χ1v) is 5.23. The summed E-state index contributed by atoms with van der Waals surface area (Å²) in [5.74, 6) is -0.880. The van der Waals surface area contributed by atoms with Crippen LogP contribution in [-0.4, -0.2) is 33.9 Å². The highest BCUT2D eigenvalue weighted by atomic mass is 35.5. The summed E-state index contributed by atoms with van der Waals surface area (Å²) in [5.41, 5.74) is 6.38. The number of carbonyl (C=O) groups is 1. The third-order valence-corrected chi connectivity index (χ3v) is 2.49. The third-order valence-electron chi connectivity index (χ3n) is 2.08. The first kappa shape index (κ1) is 15.7. The van der Waals surface area contributed by atoms with Gasteiger partial charge in [-0.2, -0.15) is 0 Å². The fourth-order valence-electron chi connectivity index (χ4n) is 0.889. The number of halogens is 1. The van der Waals surface area contributed by atoms with Crippen LogP contribution in [0.3, 0.4) is 0 Å². The molecule has 1 rings (SSSR count). The fraction of sp³-hybridized carbons (Fsp3) is 0.364. The number of aliphatic carboxylic acids is 1. The van der Waals surface area contributed by atoms with Gasteiger partial charge in [0.1, 0.15) is 11.8 Å². The number of phenolic OH excluding ortho intramolecular Hbond substituents is 1. The summed E-state index contributed by atoms with van der Waals surface area (Å²) in [6.45, 7) is 3.14. The maximum absolute atomic E-state index is 9.65. The molecule has 1 atom stereocenters. The number of aryl methyl sites for hydroxylation is 1. The number of nitrogens with two attached hydrogens (primary N) is 1. The molecule has 0 aliphatic rings. The number of hydrogen-bond acceptors (Lipinski definition) is 4. The average Bonchev–Trinajstić information content (AvgIpc) is 2.31. The SMILES string of the molecule is Cc1ccc(Cl)c(C)c1O.NC(CO)C(=O)O. The molecule has 0 amide bonds. The minimum Gasteiger partial charge on any atom is -0.507 e. The second-order valence-corrected chi connectivity index (χ2v) is 3.87. The molecule has 0 radical (unpaired) electrons. The molecule has 0 fully saturated rings. The molecule has 0 aliphatic carbocycles.